The van der Waals surface area contributed by atoms with E-state index in [0.29, 0.717) is 12.6 Å². The molecule has 2 unspecified atom stereocenters. The standard InChI is InChI=1S/C18H28N2O/c1-13-8-9-17(11-14(13)2)16(4)19-18(21)12-20-10-6-5-7-15(20)3/h8-9,11,15-16H,5-7,10,12H2,1-4H3,(H,19,21). The molecule has 0 saturated carbocycles. The van der Waals surface area contributed by atoms with E-state index in [2.05, 4.69) is 56.1 Å². The van der Waals surface area contributed by atoms with Crippen LogP contribution in [0, 0.1) is 13.8 Å². The molecule has 0 bridgehead atoms. The van der Waals surface area contributed by atoms with Gasteiger partial charge in [-0.15, -0.1) is 0 Å². The Morgan fingerprint density at radius 2 is 2.10 bits per heavy atom. The van der Waals surface area contributed by atoms with E-state index in [-0.39, 0.29) is 11.9 Å². The second-order valence-corrected chi connectivity index (χ2v) is 6.45. The first kappa shape index (κ1) is 16.0. The Morgan fingerprint density at radius 3 is 2.76 bits per heavy atom. The fourth-order valence-corrected chi connectivity index (χ4v) is 2.98. The average Bonchev–Trinajstić information content (AvgIpc) is 2.44. The number of hydrogen-bond acceptors (Lipinski definition) is 2. The van der Waals surface area contributed by atoms with Gasteiger partial charge in [0.2, 0.25) is 5.91 Å². The van der Waals surface area contributed by atoms with E-state index in [1.54, 1.807) is 0 Å². The molecule has 2 atom stereocenters. The lowest BCUT2D eigenvalue weighted by Gasteiger charge is -2.33. The molecule has 1 N–H and O–H groups in total. The number of benzene rings is 1. The van der Waals surface area contributed by atoms with Crippen LogP contribution in [0.4, 0.5) is 0 Å². The molecule has 1 aromatic carbocycles. The van der Waals surface area contributed by atoms with Crippen molar-refractivity contribution >= 4 is 5.91 Å². The van der Waals surface area contributed by atoms with Crippen molar-refractivity contribution in [3.05, 3.63) is 34.9 Å². The van der Waals surface area contributed by atoms with Gasteiger partial charge >= 0.3 is 0 Å². The van der Waals surface area contributed by atoms with Gasteiger partial charge in [0.15, 0.2) is 0 Å². The molecule has 3 nitrogen and oxygen atoms in total. The van der Waals surface area contributed by atoms with Crippen LogP contribution >= 0.6 is 0 Å². The normalized spacial score (nSPS) is 21.0. The van der Waals surface area contributed by atoms with Gasteiger partial charge in [0, 0.05) is 6.04 Å². The monoisotopic (exact) mass is 288 g/mol. The average molecular weight is 288 g/mol. The summed E-state index contributed by atoms with van der Waals surface area (Å²) in [5, 5.41) is 3.13. The Morgan fingerprint density at radius 1 is 1.33 bits per heavy atom. The van der Waals surface area contributed by atoms with Gasteiger partial charge in [0.1, 0.15) is 0 Å². The van der Waals surface area contributed by atoms with Gasteiger partial charge in [-0.25, -0.2) is 0 Å². The molecule has 3 heteroatoms. The van der Waals surface area contributed by atoms with Gasteiger partial charge in [-0.2, -0.15) is 0 Å². The Balaban J connectivity index is 1.90. The van der Waals surface area contributed by atoms with Crippen molar-refractivity contribution in [3.8, 4) is 0 Å². The van der Waals surface area contributed by atoms with Crippen molar-refractivity contribution in [3.63, 3.8) is 0 Å². The summed E-state index contributed by atoms with van der Waals surface area (Å²) in [5.41, 5.74) is 3.75. The zero-order chi connectivity index (χ0) is 15.4. The van der Waals surface area contributed by atoms with Gasteiger partial charge < -0.3 is 5.32 Å². The van der Waals surface area contributed by atoms with E-state index < -0.39 is 0 Å². The lowest BCUT2D eigenvalue weighted by Crippen LogP contribution is -2.44. The second kappa shape index (κ2) is 7.08. The minimum atomic E-state index is 0.0666. The van der Waals surface area contributed by atoms with E-state index >= 15 is 0 Å². The third kappa shape index (κ3) is 4.31. The highest BCUT2D eigenvalue weighted by Crippen LogP contribution is 2.18. The first-order valence-corrected chi connectivity index (χ1v) is 8.08. The number of nitrogens with zero attached hydrogens (tertiary/aromatic N) is 1. The van der Waals surface area contributed by atoms with Gasteiger partial charge in [-0.05, 0) is 63.8 Å². The lowest BCUT2D eigenvalue weighted by atomic mass is 10.0. The number of rotatable bonds is 4. The largest absolute Gasteiger partial charge is 0.348 e. The molecule has 0 aliphatic carbocycles. The molecular formula is C18H28N2O. The minimum absolute atomic E-state index is 0.0666. The number of carbonyl (C=O) groups is 1. The Kier molecular flexibility index (Phi) is 5.40. The van der Waals surface area contributed by atoms with Crippen molar-refractivity contribution in [1.29, 1.82) is 0 Å². The molecule has 116 valence electrons. The molecule has 1 amide bonds. The van der Waals surface area contributed by atoms with Crippen LogP contribution in [0.5, 0.6) is 0 Å². The van der Waals surface area contributed by atoms with Crippen LogP contribution < -0.4 is 5.32 Å². The highest BCUT2D eigenvalue weighted by molar-refractivity contribution is 5.78. The number of amides is 1. The summed E-state index contributed by atoms with van der Waals surface area (Å²) >= 11 is 0. The van der Waals surface area contributed by atoms with Crippen LogP contribution in [-0.2, 0) is 4.79 Å². The maximum Gasteiger partial charge on any atom is 0.234 e. The zero-order valence-electron chi connectivity index (χ0n) is 13.8. The topological polar surface area (TPSA) is 32.3 Å². The summed E-state index contributed by atoms with van der Waals surface area (Å²) < 4.78 is 0. The Bertz CT molecular complexity index is 498. The first-order valence-electron chi connectivity index (χ1n) is 8.08. The molecule has 1 heterocycles. The quantitative estimate of drug-likeness (QED) is 0.921. The van der Waals surface area contributed by atoms with Crippen molar-refractivity contribution in [1.82, 2.24) is 10.2 Å². The van der Waals surface area contributed by atoms with Crippen LogP contribution in [0.2, 0.25) is 0 Å². The summed E-state index contributed by atoms with van der Waals surface area (Å²) in [6, 6.07) is 7.00. The molecule has 21 heavy (non-hydrogen) atoms. The Hall–Kier alpha value is -1.35. The fraction of sp³-hybridized carbons (Fsp3) is 0.611. The maximum absolute atomic E-state index is 12.2. The van der Waals surface area contributed by atoms with E-state index in [1.165, 1.54) is 36.0 Å². The van der Waals surface area contributed by atoms with Gasteiger partial charge in [-0.3, -0.25) is 9.69 Å². The third-order valence-corrected chi connectivity index (χ3v) is 4.70. The number of nitrogens with one attached hydrogen (secondary N) is 1. The fourth-order valence-electron chi connectivity index (χ4n) is 2.98. The predicted molar refractivity (Wildman–Crippen MR) is 87.4 cm³/mol. The van der Waals surface area contributed by atoms with Crippen LogP contribution in [0.15, 0.2) is 18.2 Å². The molecule has 0 radical (unpaired) electrons. The van der Waals surface area contributed by atoms with Crippen molar-refractivity contribution in [2.75, 3.05) is 13.1 Å². The SMILES string of the molecule is Cc1ccc(C(C)NC(=O)CN2CCCCC2C)cc1C. The third-order valence-electron chi connectivity index (χ3n) is 4.70. The zero-order valence-corrected chi connectivity index (χ0v) is 13.8. The predicted octanol–water partition coefficient (Wildman–Crippen LogP) is 3.36. The number of piperidine rings is 1. The summed E-state index contributed by atoms with van der Waals surface area (Å²) in [5.74, 6) is 0.134. The number of likely N-dealkylation sites (tertiary alicyclic amines) is 1. The minimum Gasteiger partial charge on any atom is -0.348 e. The molecule has 0 aromatic heterocycles. The Labute approximate surface area is 128 Å². The molecule has 1 aromatic rings. The van der Waals surface area contributed by atoms with E-state index in [1.807, 2.05) is 0 Å². The lowest BCUT2D eigenvalue weighted by molar-refractivity contribution is -0.123. The number of aryl methyl sites for hydroxylation is 2. The summed E-state index contributed by atoms with van der Waals surface area (Å²) in [6.45, 7) is 10.1. The molecule has 0 spiro atoms. The molecule has 1 fully saturated rings. The van der Waals surface area contributed by atoms with Gasteiger partial charge in [0.05, 0.1) is 12.6 Å². The van der Waals surface area contributed by atoms with Crippen LogP contribution in [0.25, 0.3) is 0 Å². The summed E-state index contributed by atoms with van der Waals surface area (Å²) in [4.78, 5) is 14.5. The van der Waals surface area contributed by atoms with Crippen molar-refractivity contribution in [2.45, 2.75) is 59.0 Å². The van der Waals surface area contributed by atoms with Gasteiger partial charge in [-0.1, -0.05) is 24.6 Å². The number of hydrogen-bond donors (Lipinski definition) is 1. The van der Waals surface area contributed by atoms with E-state index in [4.69, 9.17) is 0 Å². The second-order valence-electron chi connectivity index (χ2n) is 6.45. The molecule has 1 aliphatic rings. The summed E-state index contributed by atoms with van der Waals surface area (Å²) in [6.07, 6.45) is 3.71. The molecule has 1 aliphatic heterocycles. The highest BCUT2D eigenvalue weighted by atomic mass is 16.2. The van der Waals surface area contributed by atoms with Crippen LogP contribution in [0.3, 0.4) is 0 Å². The highest BCUT2D eigenvalue weighted by Gasteiger charge is 2.21. The smallest absolute Gasteiger partial charge is 0.234 e. The molecule has 2 rings (SSSR count). The molecule has 1 saturated heterocycles. The van der Waals surface area contributed by atoms with Crippen LogP contribution in [-0.4, -0.2) is 29.9 Å². The van der Waals surface area contributed by atoms with Crippen LogP contribution in [0.1, 0.15) is 55.8 Å². The van der Waals surface area contributed by atoms with E-state index in [9.17, 15) is 4.79 Å². The summed E-state index contributed by atoms with van der Waals surface area (Å²) in [7, 11) is 0. The first-order chi connectivity index (χ1) is 9.97. The number of carbonyl (C=O) groups excluding carboxylic acids is 1. The van der Waals surface area contributed by atoms with Gasteiger partial charge in [0.25, 0.3) is 0 Å². The van der Waals surface area contributed by atoms with Crippen molar-refractivity contribution < 1.29 is 4.79 Å². The van der Waals surface area contributed by atoms with E-state index in [0.717, 1.165) is 6.54 Å². The van der Waals surface area contributed by atoms with Crippen molar-refractivity contribution in [2.24, 2.45) is 0 Å². The maximum atomic E-state index is 12.2. The molecular weight excluding hydrogens is 260 g/mol.